The van der Waals surface area contributed by atoms with E-state index in [1.165, 1.54) is 0 Å². The lowest BCUT2D eigenvalue weighted by molar-refractivity contribution is 1.30. The summed E-state index contributed by atoms with van der Waals surface area (Å²) in [7, 11) is 0. The molecule has 170 valence electrons. The van der Waals surface area contributed by atoms with Crippen LogP contribution >= 0.6 is 0 Å². The summed E-state index contributed by atoms with van der Waals surface area (Å²) in [6, 6.07) is 28.3. The molecule has 3 aliphatic rings. The van der Waals surface area contributed by atoms with Gasteiger partial charge in [0.2, 0.25) is 0 Å². The minimum atomic E-state index is 0.600. The zero-order valence-corrected chi connectivity index (χ0v) is 18.9. The number of benzene rings is 3. The molecule has 0 saturated carbocycles. The molecule has 36 heavy (non-hydrogen) atoms. The lowest BCUT2D eigenvalue weighted by atomic mass is 10.1. The van der Waals surface area contributed by atoms with Crippen LogP contribution in [0.3, 0.4) is 0 Å². The number of nitrogens with zero attached hydrogens (tertiary/aromatic N) is 4. The first-order valence-electron chi connectivity index (χ1n) is 11.7. The molecular formula is C28H18N8. The molecule has 8 bridgehead atoms. The van der Waals surface area contributed by atoms with Gasteiger partial charge in [0.1, 0.15) is 29.1 Å². The van der Waals surface area contributed by atoms with Crippen LogP contribution in [-0.2, 0) is 0 Å². The molecule has 8 heteroatoms. The normalized spacial score (nSPS) is 15.2. The van der Waals surface area contributed by atoms with E-state index in [0.29, 0.717) is 17.5 Å². The number of rotatable bonds is 0. The van der Waals surface area contributed by atoms with Crippen molar-refractivity contribution < 1.29 is 0 Å². The molecule has 4 N–H and O–H groups in total. The number of aromatic amines is 2. The first kappa shape index (κ1) is 19.1. The Bertz CT molecular complexity index is 1850. The first-order valence-corrected chi connectivity index (χ1v) is 11.7. The van der Waals surface area contributed by atoms with Gasteiger partial charge in [-0.05, 0) is 12.1 Å². The summed E-state index contributed by atoms with van der Waals surface area (Å²) in [5, 5.41) is 8.95. The maximum absolute atomic E-state index is 4.98. The average molecular weight is 467 g/mol. The zero-order chi connectivity index (χ0) is 23.6. The maximum atomic E-state index is 4.98. The van der Waals surface area contributed by atoms with Crippen molar-refractivity contribution in [1.82, 2.24) is 9.97 Å². The fourth-order valence-electron chi connectivity index (χ4n) is 4.91. The van der Waals surface area contributed by atoms with Crippen molar-refractivity contribution in [2.24, 2.45) is 20.0 Å². The van der Waals surface area contributed by atoms with E-state index >= 15 is 0 Å². The maximum Gasteiger partial charge on any atom is 0.164 e. The Labute approximate surface area is 205 Å². The van der Waals surface area contributed by atoms with Crippen molar-refractivity contribution in [1.29, 1.82) is 0 Å². The quantitative estimate of drug-likeness (QED) is 0.235. The van der Waals surface area contributed by atoms with Crippen LogP contribution in [0.5, 0.6) is 0 Å². The molecule has 0 amide bonds. The lowest BCUT2D eigenvalue weighted by Gasteiger charge is -2.06. The molecule has 0 radical (unpaired) electrons. The Morgan fingerprint density at radius 2 is 1.00 bits per heavy atom. The van der Waals surface area contributed by atoms with E-state index < -0.39 is 0 Å². The molecule has 0 atom stereocenters. The summed E-state index contributed by atoms with van der Waals surface area (Å²) in [5.41, 5.74) is 3.82. The first-order chi connectivity index (χ1) is 17.8. The standard InChI is InChI=1S/C28H18N8/c1-3-9-17-15(7-1)23-30-21-13-14-22(29-21)31-24-16-8-2-4-10-18(16)26(33-24)35-28-20-12-6-5-11-19(20)27(36-28)34-25(17)32-23/h1-14,29-30,32H,(H,31,33,34,35,36). The van der Waals surface area contributed by atoms with Crippen LogP contribution in [0.1, 0.15) is 22.3 Å². The molecule has 5 aromatic rings. The van der Waals surface area contributed by atoms with Crippen molar-refractivity contribution in [2.45, 2.75) is 0 Å². The number of fused-ring (bicyclic) bond motifs is 15. The van der Waals surface area contributed by atoms with Crippen molar-refractivity contribution in [3.05, 3.63) is 107 Å². The highest BCUT2D eigenvalue weighted by Crippen LogP contribution is 2.35. The number of amidine groups is 4. The van der Waals surface area contributed by atoms with Gasteiger partial charge >= 0.3 is 0 Å². The third-order valence-corrected chi connectivity index (χ3v) is 6.58. The van der Waals surface area contributed by atoms with Gasteiger partial charge in [0.25, 0.3) is 0 Å². The largest absolute Gasteiger partial charge is 0.328 e. The van der Waals surface area contributed by atoms with Crippen LogP contribution in [0.4, 0.5) is 23.3 Å². The van der Waals surface area contributed by atoms with Crippen molar-refractivity contribution >= 4 is 57.4 Å². The minimum absolute atomic E-state index is 0.600. The van der Waals surface area contributed by atoms with Gasteiger partial charge in [0.15, 0.2) is 17.5 Å². The second-order valence-corrected chi connectivity index (χ2v) is 8.79. The molecule has 8 nitrogen and oxygen atoms in total. The summed E-state index contributed by atoms with van der Waals surface area (Å²) in [6.45, 7) is 0. The number of H-pyrrole nitrogens is 2. The summed E-state index contributed by atoms with van der Waals surface area (Å²) >= 11 is 0. The SMILES string of the molecule is c1ccc2c(c1)C1=NC2=Nc2[nH]c(c3ccccc23)Nc2ccc([nH]2)NC2=NC(=N1)c1ccccc12. The van der Waals surface area contributed by atoms with Gasteiger partial charge in [-0.25, -0.2) is 20.0 Å². The van der Waals surface area contributed by atoms with E-state index in [4.69, 9.17) is 20.0 Å². The smallest absolute Gasteiger partial charge is 0.164 e. The van der Waals surface area contributed by atoms with Gasteiger partial charge in [-0.3, -0.25) is 0 Å². The van der Waals surface area contributed by atoms with Crippen LogP contribution in [0.2, 0.25) is 0 Å². The second kappa shape index (κ2) is 7.13. The Hall–Kier alpha value is -5.24. The minimum Gasteiger partial charge on any atom is -0.328 e. The number of aliphatic imine (C=N–C) groups is 4. The Morgan fingerprint density at radius 1 is 0.444 bits per heavy atom. The highest BCUT2D eigenvalue weighted by molar-refractivity contribution is 6.31. The van der Waals surface area contributed by atoms with Crippen LogP contribution in [0, 0.1) is 0 Å². The van der Waals surface area contributed by atoms with Crippen LogP contribution < -0.4 is 10.6 Å². The molecule has 2 aromatic heterocycles. The van der Waals surface area contributed by atoms with E-state index in [0.717, 1.165) is 62.1 Å². The van der Waals surface area contributed by atoms with Crippen LogP contribution in [0.15, 0.2) is 105 Å². The number of hydrogen-bond acceptors (Lipinski definition) is 6. The molecule has 0 aliphatic carbocycles. The zero-order valence-electron chi connectivity index (χ0n) is 18.9. The average Bonchev–Trinajstić information content (AvgIpc) is 3.67. The summed E-state index contributed by atoms with van der Waals surface area (Å²) in [5.74, 6) is 5.81. The van der Waals surface area contributed by atoms with Gasteiger partial charge < -0.3 is 20.6 Å². The van der Waals surface area contributed by atoms with E-state index in [9.17, 15) is 0 Å². The summed E-state index contributed by atoms with van der Waals surface area (Å²) < 4.78 is 0. The summed E-state index contributed by atoms with van der Waals surface area (Å²) in [6.07, 6.45) is 0. The van der Waals surface area contributed by atoms with Gasteiger partial charge in [-0.2, -0.15) is 0 Å². The highest BCUT2D eigenvalue weighted by Gasteiger charge is 2.26. The van der Waals surface area contributed by atoms with Crippen LogP contribution in [0.25, 0.3) is 10.8 Å². The monoisotopic (exact) mass is 466 g/mol. The molecule has 0 saturated heterocycles. The molecule has 8 rings (SSSR count). The lowest BCUT2D eigenvalue weighted by Crippen LogP contribution is -2.11. The van der Waals surface area contributed by atoms with Crippen LogP contribution in [-0.4, -0.2) is 33.3 Å². The predicted molar refractivity (Wildman–Crippen MR) is 145 cm³/mol. The molecular weight excluding hydrogens is 448 g/mol. The fraction of sp³-hybridized carbons (Fsp3) is 0. The van der Waals surface area contributed by atoms with Crippen molar-refractivity contribution in [3.63, 3.8) is 0 Å². The van der Waals surface area contributed by atoms with Gasteiger partial charge in [0, 0.05) is 33.0 Å². The van der Waals surface area contributed by atoms with E-state index in [-0.39, 0.29) is 0 Å². The Morgan fingerprint density at radius 3 is 1.75 bits per heavy atom. The Balaban J connectivity index is 1.40. The van der Waals surface area contributed by atoms with Gasteiger partial charge in [-0.15, -0.1) is 0 Å². The fourth-order valence-corrected chi connectivity index (χ4v) is 4.91. The molecule has 0 fully saturated rings. The third kappa shape index (κ3) is 2.81. The van der Waals surface area contributed by atoms with E-state index in [1.54, 1.807) is 0 Å². The number of anilines is 3. The number of aromatic nitrogens is 2. The summed E-state index contributed by atoms with van der Waals surface area (Å²) in [4.78, 5) is 26.5. The Kier molecular flexibility index (Phi) is 3.78. The molecule has 3 aliphatic heterocycles. The third-order valence-electron chi connectivity index (χ3n) is 6.58. The topological polar surface area (TPSA) is 105 Å². The second-order valence-electron chi connectivity index (χ2n) is 8.79. The van der Waals surface area contributed by atoms with E-state index in [2.05, 4.69) is 32.7 Å². The van der Waals surface area contributed by atoms with Crippen molar-refractivity contribution in [3.8, 4) is 0 Å². The number of nitrogens with one attached hydrogen (secondary N) is 4. The molecule has 0 unspecified atom stereocenters. The number of hydrogen-bond donors (Lipinski definition) is 4. The molecule has 0 spiro atoms. The van der Waals surface area contributed by atoms with E-state index in [1.807, 2.05) is 72.8 Å². The highest BCUT2D eigenvalue weighted by atomic mass is 15.2. The van der Waals surface area contributed by atoms with Gasteiger partial charge in [0.05, 0.1) is 0 Å². The molecule has 5 heterocycles. The van der Waals surface area contributed by atoms with Gasteiger partial charge in [-0.1, -0.05) is 72.8 Å². The predicted octanol–water partition coefficient (Wildman–Crippen LogP) is 5.71. The molecule has 3 aromatic carbocycles. The van der Waals surface area contributed by atoms with Crippen molar-refractivity contribution in [2.75, 3.05) is 10.6 Å².